The summed E-state index contributed by atoms with van der Waals surface area (Å²) in [6.45, 7) is 6.26. The second-order valence-electron chi connectivity index (χ2n) is 5.42. The molecule has 21 heavy (non-hydrogen) atoms. The van der Waals surface area contributed by atoms with Crippen LogP contribution in [0.25, 0.3) is 0 Å². The van der Waals surface area contributed by atoms with Crippen molar-refractivity contribution in [2.24, 2.45) is 10.8 Å². The van der Waals surface area contributed by atoms with E-state index in [2.05, 4.69) is 18.9 Å². The topological polar surface area (TPSA) is 81.5 Å². The van der Waals surface area contributed by atoms with E-state index in [1.807, 2.05) is 6.07 Å². The Morgan fingerprint density at radius 3 is 2.48 bits per heavy atom. The van der Waals surface area contributed by atoms with Gasteiger partial charge in [-0.15, -0.1) is 0 Å². The zero-order valence-electron chi connectivity index (χ0n) is 12.7. The van der Waals surface area contributed by atoms with Crippen LogP contribution in [-0.2, 0) is 6.42 Å². The number of quaternary nitrogens is 1. The molecule has 2 N–H and O–H groups in total. The molecular formula is C15H23N4O2+. The van der Waals surface area contributed by atoms with Crippen molar-refractivity contribution >= 4 is 17.6 Å². The molecule has 1 heterocycles. The lowest BCUT2D eigenvalue weighted by Crippen LogP contribution is -2.44. The predicted octanol–water partition coefficient (Wildman–Crippen LogP) is 2.57. The van der Waals surface area contributed by atoms with Gasteiger partial charge in [-0.05, 0) is 31.4 Å². The van der Waals surface area contributed by atoms with Crippen molar-refractivity contribution in [3.63, 3.8) is 0 Å². The molecule has 114 valence electrons. The lowest BCUT2D eigenvalue weighted by atomic mass is 10.0. The number of nitro groups is 1. The van der Waals surface area contributed by atoms with Gasteiger partial charge >= 0.3 is 5.69 Å². The Morgan fingerprint density at radius 1 is 1.29 bits per heavy atom. The van der Waals surface area contributed by atoms with E-state index in [0.717, 1.165) is 42.7 Å². The molecule has 0 atom stereocenters. The van der Waals surface area contributed by atoms with Gasteiger partial charge in [0.2, 0.25) is 5.69 Å². The zero-order valence-corrected chi connectivity index (χ0v) is 12.7. The predicted molar refractivity (Wildman–Crippen MR) is 85.6 cm³/mol. The summed E-state index contributed by atoms with van der Waals surface area (Å²) in [5, 5.41) is 16.1. The Balaban J connectivity index is 2.64. The maximum atomic E-state index is 11.4. The Hall–Kier alpha value is -1.79. The molecule has 0 saturated heterocycles. The molecule has 0 radical (unpaired) electrons. The Labute approximate surface area is 125 Å². The number of nitrogens with two attached hydrogens (primary N) is 1. The van der Waals surface area contributed by atoms with Crippen LogP contribution in [0.4, 0.5) is 11.4 Å². The zero-order chi connectivity index (χ0) is 15.5. The number of rotatable bonds is 7. The van der Waals surface area contributed by atoms with Crippen LogP contribution < -0.4 is 10.3 Å². The molecule has 0 saturated carbocycles. The third-order valence-electron chi connectivity index (χ3n) is 3.91. The lowest BCUT2D eigenvalue weighted by Gasteiger charge is -2.28. The van der Waals surface area contributed by atoms with Gasteiger partial charge in [0.25, 0.3) is 0 Å². The van der Waals surface area contributed by atoms with Gasteiger partial charge in [-0.2, -0.15) is 4.59 Å². The quantitative estimate of drug-likeness (QED) is 0.476. The van der Waals surface area contributed by atoms with Gasteiger partial charge in [-0.3, -0.25) is 10.1 Å². The molecular weight excluding hydrogens is 268 g/mol. The first-order chi connectivity index (χ1) is 10.1. The van der Waals surface area contributed by atoms with E-state index in [1.54, 1.807) is 12.3 Å². The molecule has 1 aromatic rings. The molecule has 0 amide bonds. The van der Waals surface area contributed by atoms with Gasteiger partial charge in [-0.1, -0.05) is 25.0 Å². The maximum Gasteiger partial charge on any atom is 0.332 e. The first-order valence-corrected chi connectivity index (χ1v) is 7.53. The summed E-state index contributed by atoms with van der Waals surface area (Å²) < 4.78 is 0.344. The average Bonchev–Trinajstić information content (AvgIpc) is 2.80. The van der Waals surface area contributed by atoms with Gasteiger partial charge in [0.05, 0.1) is 16.7 Å². The molecule has 1 aliphatic heterocycles. The van der Waals surface area contributed by atoms with Crippen molar-refractivity contribution in [3.8, 4) is 0 Å². The van der Waals surface area contributed by atoms with Crippen molar-refractivity contribution in [3.05, 3.63) is 33.4 Å². The number of fused-ring (bicyclic) bond motifs is 1. The highest BCUT2D eigenvalue weighted by Crippen LogP contribution is 2.42. The van der Waals surface area contributed by atoms with Crippen molar-refractivity contribution in [2.75, 3.05) is 19.6 Å². The minimum atomic E-state index is -0.294. The SMILES string of the molecule is CCC[N+]1(CCC)N=Cc2c(CCN)ccc([N+](=O)[O-])c21. The fourth-order valence-electron chi connectivity index (χ4n) is 3.16. The van der Waals surface area contributed by atoms with E-state index in [9.17, 15) is 10.1 Å². The van der Waals surface area contributed by atoms with E-state index in [-0.39, 0.29) is 10.6 Å². The van der Waals surface area contributed by atoms with E-state index < -0.39 is 0 Å². The summed E-state index contributed by atoms with van der Waals surface area (Å²) >= 11 is 0. The first kappa shape index (κ1) is 15.6. The standard InChI is InChI=1S/C15H23N4O2/c1-3-9-19(10-4-2)15-13(11-17-19)12(7-8-16)5-6-14(15)18(20)21/h5-6,11H,3-4,7-10,16H2,1-2H3/q+1. The number of nitrogens with zero attached hydrogens (tertiary/aromatic N) is 3. The molecule has 2 rings (SSSR count). The van der Waals surface area contributed by atoms with Gasteiger partial charge in [0.15, 0.2) is 0 Å². The summed E-state index contributed by atoms with van der Waals surface area (Å²) in [4.78, 5) is 11.1. The van der Waals surface area contributed by atoms with Gasteiger partial charge < -0.3 is 5.73 Å². The van der Waals surface area contributed by atoms with Crippen molar-refractivity contribution in [1.82, 2.24) is 4.59 Å². The largest absolute Gasteiger partial charge is 0.332 e. The van der Waals surface area contributed by atoms with Crippen LogP contribution in [0.5, 0.6) is 0 Å². The van der Waals surface area contributed by atoms with Crippen LogP contribution in [0.1, 0.15) is 37.8 Å². The van der Waals surface area contributed by atoms with E-state index in [0.29, 0.717) is 17.6 Å². The molecule has 0 aliphatic carbocycles. The van der Waals surface area contributed by atoms with Crippen LogP contribution in [0.3, 0.4) is 0 Å². The molecule has 6 heteroatoms. The Bertz CT molecular complexity index is 563. The van der Waals surface area contributed by atoms with E-state index in [1.165, 1.54) is 0 Å². The normalized spacial score (nSPS) is 15.2. The smallest absolute Gasteiger partial charge is 0.330 e. The van der Waals surface area contributed by atoms with Gasteiger partial charge in [-0.25, -0.2) is 0 Å². The van der Waals surface area contributed by atoms with Gasteiger partial charge in [0.1, 0.15) is 13.1 Å². The highest BCUT2D eigenvalue weighted by Gasteiger charge is 2.43. The highest BCUT2D eigenvalue weighted by atomic mass is 16.6. The molecule has 0 fully saturated rings. The van der Waals surface area contributed by atoms with Crippen LogP contribution in [0.2, 0.25) is 0 Å². The van der Waals surface area contributed by atoms with Crippen molar-refractivity contribution in [2.45, 2.75) is 33.1 Å². The van der Waals surface area contributed by atoms with Crippen LogP contribution in [0, 0.1) is 10.1 Å². The maximum absolute atomic E-state index is 11.4. The van der Waals surface area contributed by atoms with E-state index in [4.69, 9.17) is 5.73 Å². The third kappa shape index (κ3) is 2.69. The molecule has 6 nitrogen and oxygen atoms in total. The molecule has 1 aromatic carbocycles. The second-order valence-corrected chi connectivity index (χ2v) is 5.42. The summed E-state index contributed by atoms with van der Waals surface area (Å²) in [5.74, 6) is 0. The first-order valence-electron chi connectivity index (χ1n) is 7.53. The van der Waals surface area contributed by atoms with Crippen LogP contribution >= 0.6 is 0 Å². The number of hydrogen-bond acceptors (Lipinski definition) is 4. The molecule has 0 unspecified atom stereocenters. The number of hydrogen-bond donors (Lipinski definition) is 1. The van der Waals surface area contributed by atoms with E-state index >= 15 is 0 Å². The summed E-state index contributed by atoms with van der Waals surface area (Å²) in [5.41, 5.74) is 8.52. The Morgan fingerprint density at radius 2 is 1.95 bits per heavy atom. The lowest BCUT2D eigenvalue weighted by molar-refractivity contribution is -0.384. The van der Waals surface area contributed by atoms with Crippen molar-refractivity contribution < 1.29 is 4.92 Å². The van der Waals surface area contributed by atoms with Crippen molar-refractivity contribution in [1.29, 1.82) is 0 Å². The minimum Gasteiger partial charge on any atom is -0.330 e. The monoisotopic (exact) mass is 291 g/mol. The van der Waals surface area contributed by atoms with Crippen LogP contribution in [-0.4, -0.2) is 30.8 Å². The molecule has 0 spiro atoms. The summed E-state index contributed by atoms with van der Waals surface area (Å²) in [7, 11) is 0. The summed E-state index contributed by atoms with van der Waals surface area (Å²) in [6, 6.07) is 3.42. The minimum absolute atomic E-state index is 0.171. The Kier molecular flexibility index (Phi) is 4.69. The number of nitro benzene ring substituents is 1. The number of benzene rings is 1. The molecule has 0 bridgehead atoms. The fourth-order valence-corrected chi connectivity index (χ4v) is 3.16. The summed E-state index contributed by atoms with van der Waals surface area (Å²) in [6.07, 6.45) is 4.37. The highest BCUT2D eigenvalue weighted by molar-refractivity contribution is 5.96. The van der Waals surface area contributed by atoms with Gasteiger partial charge in [0, 0.05) is 6.07 Å². The average molecular weight is 291 g/mol. The fraction of sp³-hybridized carbons (Fsp3) is 0.533. The molecule has 1 aliphatic rings. The third-order valence-corrected chi connectivity index (χ3v) is 3.91. The van der Waals surface area contributed by atoms with Crippen LogP contribution in [0.15, 0.2) is 17.2 Å². The molecule has 0 aromatic heterocycles. The second kappa shape index (κ2) is 6.32.